The lowest BCUT2D eigenvalue weighted by atomic mass is 10.2. The molecule has 2 aromatic carbocycles. The molecule has 20 heavy (non-hydrogen) atoms. The Morgan fingerprint density at radius 1 is 1.00 bits per heavy atom. The third-order valence-corrected chi connectivity index (χ3v) is 2.99. The third kappa shape index (κ3) is 2.29. The number of nitrogens with two attached hydrogens (primary N) is 1. The second-order valence-electron chi connectivity index (χ2n) is 4.33. The van der Waals surface area contributed by atoms with E-state index in [-0.39, 0.29) is 0 Å². The number of amides is 1. The Morgan fingerprint density at radius 2 is 1.75 bits per heavy atom. The highest BCUT2D eigenvalue weighted by Crippen LogP contribution is 2.27. The minimum atomic E-state index is -0.454. The van der Waals surface area contributed by atoms with Crippen LogP contribution in [0.5, 0.6) is 0 Å². The maximum absolute atomic E-state index is 11.0. The minimum Gasteiger partial charge on any atom is -0.366 e. The van der Waals surface area contributed by atoms with Gasteiger partial charge in [0.05, 0.1) is 5.69 Å². The van der Waals surface area contributed by atoms with Gasteiger partial charge in [-0.2, -0.15) is 5.11 Å². The average Bonchev–Trinajstić information content (AvgIpc) is 2.89. The van der Waals surface area contributed by atoms with Crippen molar-refractivity contribution in [3.8, 4) is 0 Å². The van der Waals surface area contributed by atoms with E-state index in [0.29, 0.717) is 11.3 Å². The number of nitrogens with one attached hydrogen (secondary N) is 1. The Hall–Kier alpha value is -2.95. The normalized spacial score (nSPS) is 11.2. The molecule has 3 aromatic rings. The van der Waals surface area contributed by atoms with Gasteiger partial charge in [-0.25, -0.2) is 0 Å². The predicted molar refractivity (Wildman–Crippen MR) is 77.4 cm³/mol. The molecule has 0 unspecified atom stereocenters. The van der Waals surface area contributed by atoms with Gasteiger partial charge in [-0.1, -0.05) is 18.2 Å². The number of carbonyl (C=O) groups excluding carboxylic acids is 1. The van der Waals surface area contributed by atoms with Gasteiger partial charge in [0, 0.05) is 22.7 Å². The lowest BCUT2D eigenvalue weighted by Gasteiger charge is -1.95. The number of aromatic amines is 1. The van der Waals surface area contributed by atoms with Crippen molar-refractivity contribution in [1.82, 2.24) is 4.98 Å². The summed E-state index contributed by atoms with van der Waals surface area (Å²) in [7, 11) is 0. The number of aromatic nitrogens is 1. The number of carbonyl (C=O) groups is 1. The van der Waals surface area contributed by atoms with Gasteiger partial charge < -0.3 is 10.7 Å². The van der Waals surface area contributed by atoms with Crippen LogP contribution < -0.4 is 5.73 Å². The molecule has 1 aromatic heterocycles. The van der Waals surface area contributed by atoms with Gasteiger partial charge >= 0.3 is 0 Å². The van der Waals surface area contributed by atoms with Gasteiger partial charge in [-0.05, 0) is 30.3 Å². The number of rotatable bonds is 3. The SMILES string of the molecule is NC(=O)c1ccc(N=Nc2c[nH]c3ccccc23)cc1. The zero-order valence-electron chi connectivity index (χ0n) is 10.6. The summed E-state index contributed by atoms with van der Waals surface area (Å²) < 4.78 is 0. The molecule has 0 atom stereocenters. The number of azo groups is 1. The molecule has 0 radical (unpaired) electrons. The Kier molecular flexibility index (Phi) is 3.01. The number of hydrogen-bond donors (Lipinski definition) is 2. The summed E-state index contributed by atoms with van der Waals surface area (Å²) >= 11 is 0. The summed E-state index contributed by atoms with van der Waals surface area (Å²) in [5, 5.41) is 9.39. The van der Waals surface area contributed by atoms with Crippen LogP contribution in [0.2, 0.25) is 0 Å². The second kappa shape index (κ2) is 4.97. The van der Waals surface area contributed by atoms with E-state index in [2.05, 4.69) is 15.2 Å². The molecule has 0 aliphatic rings. The van der Waals surface area contributed by atoms with E-state index < -0.39 is 5.91 Å². The zero-order chi connectivity index (χ0) is 13.9. The van der Waals surface area contributed by atoms with E-state index in [9.17, 15) is 4.79 Å². The first-order valence-electron chi connectivity index (χ1n) is 6.12. The van der Waals surface area contributed by atoms with E-state index >= 15 is 0 Å². The Balaban J connectivity index is 1.88. The van der Waals surface area contributed by atoms with E-state index in [0.717, 1.165) is 16.6 Å². The highest BCUT2D eigenvalue weighted by atomic mass is 16.1. The predicted octanol–water partition coefficient (Wildman–Crippen LogP) is 3.68. The third-order valence-electron chi connectivity index (χ3n) is 2.99. The van der Waals surface area contributed by atoms with Crippen LogP contribution in [-0.2, 0) is 0 Å². The molecule has 1 amide bonds. The number of nitrogens with zero attached hydrogens (tertiary/aromatic N) is 2. The van der Waals surface area contributed by atoms with E-state index in [1.54, 1.807) is 24.3 Å². The fourth-order valence-electron chi connectivity index (χ4n) is 1.94. The number of primary amides is 1. The second-order valence-corrected chi connectivity index (χ2v) is 4.33. The molecular formula is C15H12N4O. The van der Waals surface area contributed by atoms with Crippen LogP contribution in [0.4, 0.5) is 11.4 Å². The average molecular weight is 264 g/mol. The summed E-state index contributed by atoms with van der Waals surface area (Å²) in [4.78, 5) is 14.1. The fourth-order valence-corrected chi connectivity index (χ4v) is 1.94. The van der Waals surface area contributed by atoms with Crippen molar-refractivity contribution < 1.29 is 4.79 Å². The molecule has 3 rings (SSSR count). The molecule has 0 fully saturated rings. The lowest BCUT2D eigenvalue weighted by molar-refractivity contribution is 0.100. The molecule has 5 heteroatoms. The monoisotopic (exact) mass is 264 g/mol. The van der Waals surface area contributed by atoms with Crippen LogP contribution in [0.1, 0.15) is 10.4 Å². The van der Waals surface area contributed by atoms with E-state index in [1.807, 2.05) is 30.5 Å². The van der Waals surface area contributed by atoms with Crippen LogP contribution in [0.25, 0.3) is 10.9 Å². The van der Waals surface area contributed by atoms with Crippen LogP contribution in [0, 0.1) is 0 Å². The number of benzene rings is 2. The molecule has 0 bridgehead atoms. The first kappa shape index (κ1) is 12.1. The minimum absolute atomic E-state index is 0.454. The van der Waals surface area contributed by atoms with Gasteiger partial charge in [-0.15, -0.1) is 5.11 Å². The summed E-state index contributed by atoms with van der Waals surface area (Å²) in [6.45, 7) is 0. The maximum Gasteiger partial charge on any atom is 0.248 e. The summed E-state index contributed by atoms with van der Waals surface area (Å²) in [6, 6.07) is 14.6. The van der Waals surface area contributed by atoms with E-state index in [4.69, 9.17) is 5.73 Å². The summed E-state index contributed by atoms with van der Waals surface area (Å²) in [5.41, 5.74) is 8.10. The van der Waals surface area contributed by atoms with Crippen LogP contribution in [0.3, 0.4) is 0 Å². The summed E-state index contributed by atoms with van der Waals surface area (Å²) in [5.74, 6) is -0.454. The molecule has 5 nitrogen and oxygen atoms in total. The van der Waals surface area contributed by atoms with Crippen molar-refractivity contribution in [2.75, 3.05) is 0 Å². The molecule has 0 aliphatic carbocycles. The highest BCUT2D eigenvalue weighted by Gasteiger charge is 2.02. The Morgan fingerprint density at radius 3 is 2.50 bits per heavy atom. The van der Waals surface area contributed by atoms with Gasteiger partial charge in [0.15, 0.2) is 0 Å². The van der Waals surface area contributed by atoms with Crippen molar-refractivity contribution in [2.24, 2.45) is 16.0 Å². The number of para-hydroxylation sites is 1. The number of hydrogen-bond acceptors (Lipinski definition) is 3. The van der Waals surface area contributed by atoms with Crippen molar-refractivity contribution in [3.05, 3.63) is 60.3 Å². The van der Waals surface area contributed by atoms with Crippen LogP contribution in [0.15, 0.2) is 65.0 Å². The van der Waals surface area contributed by atoms with Gasteiger partial charge in [0.25, 0.3) is 0 Å². The molecule has 0 saturated carbocycles. The van der Waals surface area contributed by atoms with Crippen molar-refractivity contribution in [2.45, 2.75) is 0 Å². The van der Waals surface area contributed by atoms with Gasteiger partial charge in [0.2, 0.25) is 5.91 Å². The quantitative estimate of drug-likeness (QED) is 0.695. The number of fused-ring (bicyclic) bond motifs is 1. The molecule has 98 valence electrons. The first-order chi connectivity index (χ1) is 9.74. The zero-order valence-corrected chi connectivity index (χ0v) is 10.6. The first-order valence-corrected chi connectivity index (χ1v) is 6.12. The molecule has 0 spiro atoms. The van der Waals surface area contributed by atoms with Gasteiger partial charge in [-0.3, -0.25) is 4.79 Å². The Bertz CT molecular complexity index is 787. The van der Waals surface area contributed by atoms with Gasteiger partial charge in [0.1, 0.15) is 5.69 Å². The molecule has 1 heterocycles. The lowest BCUT2D eigenvalue weighted by Crippen LogP contribution is -2.10. The molecular weight excluding hydrogens is 252 g/mol. The van der Waals surface area contributed by atoms with Crippen molar-refractivity contribution in [1.29, 1.82) is 0 Å². The van der Waals surface area contributed by atoms with Crippen LogP contribution >= 0.6 is 0 Å². The van der Waals surface area contributed by atoms with Crippen LogP contribution in [-0.4, -0.2) is 10.9 Å². The summed E-state index contributed by atoms with van der Waals surface area (Å²) in [6.07, 6.45) is 1.81. The fraction of sp³-hybridized carbons (Fsp3) is 0. The Labute approximate surface area is 115 Å². The standard InChI is InChI=1S/C15H12N4O/c16-15(20)10-5-7-11(8-6-10)18-19-14-9-17-13-4-2-1-3-12(13)14/h1-9,17H,(H2,16,20). The van der Waals surface area contributed by atoms with Crippen molar-refractivity contribution in [3.63, 3.8) is 0 Å². The number of H-pyrrole nitrogens is 1. The molecule has 0 saturated heterocycles. The molecule has 3 N–H and O–H groups in total. The molecule has 0 aliphatic heterocycles. The topological polar surface area (TPSA) is 83.6 Å². The maximum atomic E-state index is 11.0. The highest BCUT2D eigenvalue weighted by molar-refractivity contribution is 5.93. The van der Waals surface area contributed by atoms with Crippen molar-refractivity contribution >= 4 is 28.2 Å². The largest absolute Gasteiger partial charge is 0.366 e. The smallest absolute Gasteiger partial charge is 0.248 e. The van der Waals surface area contributed by atoms with E-state index in [1.165, 1.54) is 0 Å².